The van der Waals surface area contributed by atoms with Crippen LogP contribution in [0.25, 0.3) is 0 Å². The Morgan fingerprint density at radius 1 is 0.897 bits per heavy atom. The van der Waals surface area contributed by atoms with Crippen molar-refractivity contribution in [1.29, 1.82) is 0 Å². The van der Waals surface area contributed by atoms with Crippen molar-refractivity contribution in [2.24, 2.45) is 0 Å². The van der Waals surface area contributed by atoms with Crippen LogP contribution in [-0.4, -0.2) is 25.7 Å². The molecule has 1 amide bonds. The lowest BCUT2D eigenvalue weighted by atomic mass is 10.2. The van der Waals surface area contributed by atoms with Crippen LogP contribution < -0.4 is 20.1 Å². The van der Waals surface area contributed by atoms with Gasteiger partial charge in [0, 0.05) is 16.4 Å². The molecule has 0 unspecified atom stereocenters. The number of aryl methyl sites for hydroxylation is 1. The summed E-state index contributed by atoms with van der Waals surface area (Å²) in [6.07, 6.45) is 0. The molecule has 0 spiro atoms. The Kier molecular flexibility index (Phi) is 7.36. The number of carbonyl (C=O) groups is 1. The fourth-order valence-corrected chi connectivity index (χ4v) is 2.81. The fraction of sp³-hybridized carbons (Fsp3) is 0.174. The van der Waals surface area contributed by atoms with Crippen LogP contribution in [0.2, 0.25) is 5.02 Å². The molecule has 3 aromatic carbocycles. The molecular formula is C23H23ClN2O3. The minimum Gasteiger partial charge on any atom is -0.490 e. The predicted octanol–water partition coefficient (Wildman–Crippen LogP) is 5.16. The number of para-hydroxylation sites is 1. The zero-order valence-corrected chi connectivity index (χ0v) is 16.9. The van der Waals surface area contributed by atoms with Crippen LogP contribution in [0.5, 0.6) is 11.5 Å². The number of carbonyl (C=O) groups excluding carboxylic acids is 1. The van der Waals surface area contributed by atoms with Crippen LogP contribution in [0.15, 0.2) is 72.8 Å². The van der Waals surface area contributed by atoms with E-state index in [2.05, 4.69) is 10.6 Å². The van der Waals surface area contributed by atoms with E-state index in [1.165, 1.54) is 0 Å². The maximum Gasteiger partial charge on any atom is 0.243 e. The van der Waals surface area contributed by atoms with Crippen LogP contribution in [0.4, 0.5) is 11.4 Å². The van der Waals surface area contributed by atoms with Crippen molar-refractivity contribution in [3.8, 4) is 11.5 Å². The van der Waals surface area contributed by atoms with Crippen molar-refractivity contribution < 1.29 is 14.3 Å². The molecule has 0 atom stereocenters. The number of nitrogens with one attached hydrogen (secondary N) is 2. The van der Waals surface area contributed by atoms with Gasteiger partial charge in [-0.15, -0.1) is 0 Å². The molecule has 6 heteroatoms. The van der Waals surface area contributed by atoms with Crippen molar-refractivity contribution in [3.63, 3.8) is 0 Å². The molecule has 0 aromatic heterocycles. The maximum atomic E-state index is 12.2. The van der Waals surface area contributed by atoms with Gasteiger partial charge < -0.3 is 20.1 Å². The third-order valence-corrected chi connectivity index (χ3v) is 4.38. The zero-order valence-electron chi connectivity index (χ0n) is 16.2. The van der Waals surface area contributed by atoms with Crippen molar-refractivity contribution in [1.82, 2.24) is 0 Å². The highest BCUT2D eigenvalue weighted by molar-refractivity contribution is 6.30. The molecule has 150 valence electrons. The zero-order chi connectivity index (χ0) is 20.5. The first kappa shape index (κ1) is 20.6. The Hall–Kier alpha value is -3.18. The van der Waals surface area contributed by atoms with E-state index in [9.17, 15) is 4.79 Å². The first-order valence-electron chi connectivity index (χ1n) is 9.31. The van der Waals surface area contributed by atoms with Gasteiger partial charge in [-0.3, -0.25) is 4.79 Å². The molecule has 0 aliphatic rings. The Morgan fingerprint density at radius 3 is 2.24 bits per heavy atom. The summed E-state index contributed by atoms with van der Waals surface area (Å²) in [7, 11) is 0. The third-order valence-electron chi connectivity index (χ3n) is 4.14. The SMILES string of the molecule is Cc1ccc(Cl)cc1NCC(=O)Nc1ccc(OCCOc2ccccc2)cc1. The predicted molar refractivity (Wildman–Crippen MR) is 117 cm³/mol. The summed E-state index contributed by atoms with van der Waals surface area (Å²) in [5.41, 5.74) is 2.57. The number of amides is 1. The van der Waals surface area contributed by atoms with Gasteiger partial charge in [-0.1, -0.05) is 35.9 Å². The summed E-state index contributed by atoms with van der Waals surface area (Å²) in [4.78, 5) is 12.2. The van der Waals surface area contributed by atoms with Crippen LogP contribution in [0.3, 0.4) is 0 Å². The molecule has 0 saturated carbocycles. The summed E-state index contributed by atoms with van der Waals surface area (Å²) in [6, 6.07) is 22.4. The summed E-state index contributed by atoms with van der Waals surface area (Å²) in [5, 5.41) is 6.57. The minimum atomic E-state index is -0.144. The standard InChI is InChI=1S/C23H23ClN2O3/c1-17-7-8-18(24)15-22(17)25-16-23(27)26-19-9-11-21(12-10-19)29-14-13-28-20-5-3-2-4-6-20/h2-12,15,25H,13-14,16H2,1H3,(H,26,27). The van der Waals surface area contributed by atoms with E-state index in [0.717, 1.165) is 17.0 Å². The molecule has 0 aliphatic heterocycles. The fourth-order valence-electron chi connectivity index (χ4n) is 2.64. The third kappa shape index (κ3) is 6.73. The summed E-state index contributed by atoms with van der Waals surface area (Å²) < 4.78 is 11.2. The second kappa shape index (κ2) is 10.4. The van der Waals surface area contributed by atoms with Crippen molar-refractivity contribution >= 4 is 28.9 Å². The average Bonchev–Trinajstić information content (AvgIpc) is 2.74. The van der Waals surface area contributed by atoms with Crippen molar-refractivity contribution in [2.75, 3.05) is 30.4 Å². The summed E-state index contributed by atoms with van der Waals surface area (Å²) >= 11 is 5.99. The Balaban J connectivity index is 1.40. The smallest absolute Gasteiger partial charge is 0.243 e. The van der Waals surface area contributed by atoms with E-state index in [-0.39, 0.29) is 12.5 Å². The number of anilines is 2. The van der Waals surface area contributed by atoms with Gasteiger partial charge in [0.2, 0.25) is 5.91 Å². The van der Waals surface area contributed by atoms with Gasteiger partial charge in [-0.2, -0.15) is 0 Å². The number of hydrogen-bond acceptors (Lipinski definition) is 4. The molecule has 0 heterocycles. The molecule has 0 saturated heterocycles. The quantitative estimate of drug-likeness (QED) is 0.478. The van der Waals surface area contributed by atoms with Crippen LogP contribution in [0, 0.1) is 6.92 Å². The highest BCUT2D eigenvalue weighted by Gasteiger charge is 2.05. The van der Waals surface area contributed by atoms with Crippen molar-refractivity contribution in [3.05, 3.63) is 83.4 Å². The van der Waals surface area contributed by atoms with E-state index >= 15 is 0 Å². The number of benzene rings is 3. The molecule has 0 fully saturated rings. The number of hydrogen-bond donors (Lipinski definition) is 2. The van der Waals surface area contributed by atoms with Gasteiger partial charge in [0.1, 0.15) is 24.7 Å². The molecule has 2 N–H and O–H groups in total. The first-order valence-corrected chi connectivity index (χ1v) is 9.68. The largest absolute Gasteiger partial charge is 0.490 e. The Morgan fingerprint density at radius 2 is 1.55 bits per heavy atom. The van der Waals surface area contributed by atoms with Gasteiger partial charge >= 0.3 is 0 Å². The van der Waals surface area contributed by atoms with E-state index in [0.29, 0.717) is 29.7 Å². The van der Waals surface area contributed by atoms with Gasteiger partial charge in [0.05, 0.1) is 6.54 Å². The van der Waals surface area contributed by atoms with Gasteiger partial charge in [-0.25, -0.2) is 0 Å². The first-order chi connectivity index (χ1) is 14.1. The average molecular weight is 411 g/mol. The maximum absolute atomic E-state index is 12.2. The van der Waals surface area contributed by atoms with Crippen LogP contribution >= 0.6 is 11.6 Å². The molecule has 0 radical (unpaired) electrons. The Labute approximate surface area is 175 Å². The molecule has 5 nitrogen and oxygen atoms in total. The molecule has 3 aromatic rings. The summed E-state index contributed by atoms with van der Waals surface area (Å²) in [5.74, 6) is 1.39. The molecule has 3 rings (SSSR count). The monoisotopic (exact) mass is 410 g/mol. The van der Waals surface area contributed by atoms with Crippen molar-refractivity contribution in [2.45, 2.75) is 6.92 Å². The molecule has 0 aliphatic carbocycles. The molecular weight excluding hydrogens is 388 g/mol. The van der Waals surface area contributed by atoms with Gasteiger partial charge in [0.15, 0.2) is 0 Å². The Bertz CT molecular complexity index is 931. The lowest BCUT2D eigenvalue weighted by Gasteiger charge is -2.11. The normalized spacial score (nSPS) is 10.3. The van der Waals surface area contributed by atoms with E-state index < -0.39 is 0 Å². The van der Waals surface area contributed by atoms with Crippen LogP contribution in [-0.2, 0) is 4.79 Å². The number of rotatable bonds is 9. The van der Waals surface area contributed by atoms with E-state index in [1.54, 1.807) is 18.2 Å². The second-order valence-electron chi connectivity index (χ2n) is 6.40. The number of halogens is 1. The molecule has 0 bridgehead atoms. The van der Waals surface area contributed by atoms with Gasteiger partial charge in [-0.05, 0) is 61.0 Å². The van der Waals surface area contributed by atoms with Crippen LogP contribution in [0.1, 0.15) is 5.56 Å². The summed E-state index contributed by atoms with van der Waals surface area (Å²) in [6.45, 7) is 3.00. The van der Waals surface area contributed by atoms with E-state index in [1.807, 2.05) is 61.5 Å². The molecule has 29 heavy (non-hydrogen) atoms. The van der Waals surface area contributed by atoms with Gasteiger partial charge in [0.25, 0.3) is 0 Å². The lowest BCUT2D eigenvalue weighted by Crippen LogP contribution is -2.22. The lowest BCUT2D eigenvalue weighted by molar-refractivity contribution is -0.114. The topological polar surface area (TPSA) is 59.6 Å². The highest BCUT2D eigenvalue weighted by atomic mass is 35.5. The minimum absolute atomic E-state index is 0.144. The van der Waals surface area contributed by atoms with E-state index in [4.69, 9.17) is 21.1 Å². The highest BCUT2D eigenvalue weighted by Crippen LogP contribution is 2.20. The number of ether oxygens (including phenoxy) is 2. The second-order valence-corrected chi connectivity index (χ2v) is 6.83.